The minimum Gasteiger partial charge on any atom is -0.490 e. The van der Waals surface area contributed by atoms with Crippen LogP contribution < -0.4 is 9.64 Å². The third-order valence-corrected chi connectivity index (χ3v) is 4.20. The van der Waals surface area contributed by atoms with Gasteiger partial charge in [0.1, 0.15) is 29.0 Å². The molecule has 1 fully saturated rings. The third kappa shape index (κ3) is 3.13. The van der Waals surface area contributed by atoms with Gasteiger partial charge in [-0.05, 0) is 36.4 Å². The predicted molar refractivity (Wildman–Crippen MR) is 89.6 cm³/mol. The molecule has 0 N–H and O–H groups in total. The van der Waals surface area contributed by atoms with Gasteiger partial charge in [-0.1, -0.05) is 0 Å². The van der Waals surface area contributed by atoms with Gasteiger partial charge in [0.05, 0.1) is 0 Å². The first kappa shape index (κ1) is 14.8. The van der Waals surface area contributed by atoms with E-state index in [0.29, 0.717) is 11.4 Å². The van der Waals surface area contributed by atoms with Crippen LogP contribution >= 0.6 is 0 Å². The summed E-state index contributed by atoms with van der Waals surface area (Å²) in [5.74, 6) is 1.39. The highest BCUT2D eigenvalue weighted by molar-refractivity contribution is 5.71. The lowest BCUT2D eigenvalue weighted by Crippen LogP contribution is -2.38. The molecular weight excluding hydrogens is 307 g/mol. The van der Waals surface area contributed by atoms with Crippen LogP contribution in [0.2, 0.25) is 0 Å². The summed E-state index contributed by atoms with van der Waals surface area (Å²) in [7, 11) is 0. The molecule has 0 amide bonds. The molecule has 2 aromatic heterocycles. The number of halogens is 1. The second kappa shape index (κ2) is 6.39. The molecule has 0 atom stereocenters. The number of pyridine rings is 1. The molecular formula is C18H17FN4O. The molecule has 1 aliphatic heterocycles. The molecule has 0 bridgehead atoms. The summed E-state index contributed by atoms with van der Waals surface area (Å²) in [5, 5.41) is 0. The van der Waals surface area contributed by atoms with Crippen molar-refractivity contribution in [1.29, 1.82) is 0 Å². The first-order valence-electron chi connectivity index (χ1n) is 8.03. The average Bonchev–Trinajstić information content (AvgIpc) is 2.64. The second-order valence-electron chi connectivity index (χ2n) is 5.83. The Labute approximate surface area is 139 Å². The maximum absolute atomic E-state index is 12.9. The van der Waals surface area contributed by atoms with E-state index in [1.54, 1.807) is 24.5 Å². The maximum Gasteiger partial charge on any atom is 0.180 e. The van der Waals surface area contributed by atoms with Crippen molar-refractivity contribution in [2.75, 3.05) is 18.0 Å². The molecule has 0 radical (unpaired) electrons. The van der Waals surface area contributed by atoms with Crippen molar-refractivity contribution < 1.29 is 9.13 Å². The van der Waals surface area contributed by atoms with Crippen molar-refractivity contribution >= 4 is 17.0 Å². The topological polar surface area (TPSA) is 51.1 Å². The minimum absolute atomic E-state index is 0.145. The maximum atomic E-state index is 12.9. The zero-order chi connectivity index (χ0) is 16.4. The summed E-state index contributed by atoms with van der Waals surface area (Å²) < 4.78 is 18.9. The van der Waals surface area contributed by atoms with E-state index in [1.165, 1.54) is 12.1 Å². The molecule has 0 aliphatic carbocycles. The summed E-state index contributed by atoms with van der Waals surface area (Å²) in [4.78, 5) is 15.3. The number of fused-ring (bicyclic) bond motifs is 1. The van der Waals surface area contributed by atoms with E-state index in [1.807, 2.05) is 12.1 Å². The molecule has 122 valence electrons. The molecule has 5 nitrogen and oxygen atoms in total. The summed E-state index contributed by atoms with van der Waals surface area (Å²) >= 11 is 0. The van der Waals surface area contributed by atoms with Gasteiger partial charge in [-0.15, -0.1) is 0 Å². The fourth-order valence-electron chi connectivity index (χ4n) is 2.93. The van der Waals surface area contributed by atoms with E-state index in [-0.39, 0.29) is 11.9 Å². The van der Waals surface area contributed by atoms with Gasteiger partial charge in [0.2, 0.25) is 0 Å². The Morgan fingerprint density at radius 3 is 2.50 bits per heavy atom. The van der Waals surface area contributed by atoms with Gasteiger partial charge >= 0.3 is 0 Å². The van der Waals surface area contributed by atoms with Crippen LogP contribution in [-0.2, 0) is 0 Å². The molecule has 1 aromatic carbocycles. The standard InChI is InChI=1S/C18H17FN4O/c19-13-1-3-14(4-2-13)24-15-7-11-23(12-8-15)17-6-5-16-18(22-17)21-10-9-20-16/h1-6,9-10,15H,7-8,11-12H2. The van der Waals surface area contributed by atoms with Gasteiger partial charge in [0.25, 0.3) is 0 Å². The first-order chi connectivity index (χ1) is 11.8. The van der Waals surface area contributed by atoms with Crippen molar-refractivity contribution in [2.24, 2.45) is 0 Å². The van der Waals surface area contributed by atoms with Crippen LogP contribution in [0.3, 0.4) is 0 Å². The molecule has 1 aliphatic rings. The molecule has 1 saturated heterocycles. The summed E-state index contributed by atoms with van der Waals surface area (Å²) in [5.41, 5.74) is 1.47. The number of piperidine rings is 1. The number of ether oxygens (including phenoxy) is 1. The summed E-state index contributed by atoms with van der Waals surface area (Å²) in [6.07, 6.45) is 5.27. The van der Waals surface area contributed by atoms with E-state index >= 15 is 0 Å². The van der Waals surface area contributed by atoms with E-state index in [0.717, 1.165) is 37.3 Å². The molecule has 4 rings (SSSR count). The highest BCUT2D eigenvalue weighted by atomic mass is 19.1. The highest BCUT2D eigenvalue weighted by Crippen LogP contribution is 2.23. The monoisotopic (exact) mass is 324 g/mol. The number of hydrogen-bond donors (Lipinski definition) is 0. The number of rotatable bonds is 3. The van der Waals surface area contributed by atoms with Gasteiger partial charge in [-0.25, -0.2) is 14.4 Å². The smallest absolute Gasteiger partial charge is 0.180 e. The number of nitrogens with zero attached hydrogens (tertiary/aromatic N) is 4. The van der Waals surface area contributed by atoms with Crippen LogP contribution in [0.5, 0.6) is 5.75 Å². The minimum atomic E-state index is -0.248. The lowest BCUT2D eigenvalue weighted by Gasteiger charge is -2.33. The van der Waals surface area contributed by atoms with Crippen LogP contribution in [0.15, 0.2) is 48.8 Å². The lowest BCUT2D eigenvalue weighted by molar-refractivity contribution is 0.170. The van der Waals surface area contributed by atoms with Crippen molar-refractivity contribution in [3.8, 4) is 5.75 Å². The van der Waals surface area contributed by atoms with Crippen LogP contribution in [0.1, 0.15) is 12.8 Å². The Hall–Kier alpha value is -2.76. The van der Waals surface area contributed by atoms with Gasteiger partial charge in [-0.3, -0.25) is 4.98 Å². The van der Waals surface area contributed by atoms with Crippen LogP contribution in [0.25, 0.3) is 11.2 Å². The van der Waals surface area contributed by atoms with Crippen LogP contribution in [0, 0.1) is 5.82 Å². The third-order valence-electron chi connectivity index (χ3n) is 4.20. The quantitative estimate of drug-likeness (QED) is 0.740. The Kier molecular flexibility index (Phi) is 3.94. The molecule has 3 aromatic rings. The number of anilines is 1. The van der Waals surface area contributed by atoms with E-state index < -0.39 is 0 Å². The fourth-order valence-corrected chi connectivity index (χ4v) is 2.93. The summed E-state index contributed by atoms with van der Waals surface area (Å²) in [6, 6.07) is 10.1. The highest BCUT2D eigenvalue weighted by Gasteiger charge is 2.21. The van der Waals surface area contributed by atoms with Crippen molar-refractivity contribution in [3.05, 3.63) is 54.6 Å². The Balaban J connectivity index is 1.40. The van der Waals surface area contributed by atoms with E-state index in [4.69, 9.17) is 4.74 Å². The normalized spacial score (nSPS) is 15.6. The van der Waals surface area contributed by atoms with Gasteiger partial charge < -0.3 is 9.64 Å². The fraction of sp³-hybridized carbons (Fsp3) is 0.278. The van der Waals surface area contributed by atoms with Crippen molar-refractivity contribution in [3.63, 3.8) is 0 Å². The average molecular weight is 324 g/mol. The number of aromatic nitrogens is 3. The molecule has 24 heavy (non-hydrogen) atoms. The molecule has 0 unspecified atom stereocenters. The Bertz CT molecular complexity index is 832. The Morgan fingerprint density at radius 1 is 0.958 bits per heavy atom. The number of hydrogen-bond acceptors (Lipinski definition) is 5. The summed E-state index contributed by atoms with van der Waals surface area (Å²) in [6.45, 7) is 1.73. The predicted octanol–water partition coefficient (Wildman–Crippen LogP) is 3.21. The molecule has 6 heteroatoms. The molecule has 0 spiro atoms. The van der Waals surface area contributed by atoms with Gasteiger partial charge in [0.15, 0.2) is 5.65 Å². The van der Waals surface area contributed by atoms with Crippen molar-refractivity contribution in [1.82, 2.24) is 15.0 Å². The van der Waals surface area contributed by atoms with Gasteiger partial charge in [-0.2, -0.15) is 0 Å². The van der Waals surface area contributed by atoms with E-state index in [2.05, 4.69) is 19.9 Å². The van der Waals surface area contributed by atoms with E-state index in [9.17, 15) is 4.39 Å². The van der Waals surface area contributed by atoms with Crippen molar-refractivity contribution in [2.45, 2.75) is 18.9 Å². The van der Waals surface area contributed by atoms with Crippen LogP contribution in [0.4, 0.5) is 10.2 Å². The van der Waals surface area contributed by atoms with Crippen LogP contribution in [-0.4, -0.2) is 34.1 Å². The zero-order valence-corrected chi connectivity index (χ0v) is 13.1. The first-order valence-corrected chi connectivity index (χ1v) is 8.03. The SMILES string of the molecule is Fc1ccc(OC2CCN(c3ccc4nccnc4n3)CC2)cc1. The lowest BCUT2D eigenvalue weighted by atomic mass is 10.1. The second-order valence-corrected chi connectivity index (χ2v) is 5.83. The molecule has 3 heterocycles. The largest absolute Gasteiger partial charge is 0.490 e. The molecule has 0 saturated carbocycles. The number of benzene rings is 1. The van der Waals surface area contributed by atoms with Gasteiger partial charge in [0, 0.05) is 38.3 Å². The zero-order valence-electron chi connectivity index (χ0n) is 13.1. The Morgan fingerprint density at radius 2 is 1.71 bits per heavy atom.